The molecule has 6 atom stereocenters. The highest BCUT2D eigenvalue weighted by atomic mass is 35.5. The minimum Gasteiger partial charge on any atom is -0.508 e. The maximum absolute atomic E-state index is 14.3. The van der Waals surface area contributed by atoms with Crippen molar-refractivity contribution in [2.24, 2.45) is 29.1 Å². The molecular weight excluding hydrogens is 536 g/mol. The van der Waals surface area contributed by atoms with E-state index in [9.17, 15) is 29.1 Å². The molecular formula is C30H27ClN2O7. The maximum Gasteiger partial charge on any atom is 0.305 e. The van der Waals surface area contributed by atoms with Gasteiger partial charge in [0.2, 0.25) is 23.6 Å². The number of amides is 4. The molecule has 6 unspecified atom stereocenters. The number of fused-ring (bicyclic) bond motifs is 4. The summed E-state index contributed by atoms with van der Waals surface area (Å²) in [6, 6.07) is 13.2. The predicted octanol–water partition coefficient (Wildman–Crippen LogP) is 3.75. The number of allylic oxidation sites excluding steroid dienone is 2. The second kappa shape index (κ2) is 9.30. The van der Waals surface area contributed by atoms with Gasteiger partial charge < -0.3 is 10.2 Å². The Bertz CT molecular complexity index is 1500. The quantitative estimate of drug-likeness (QED) is 0.419. The van der Waals surface area contributed by atoms with Crippen LogP contribution in [0.25, 0.3) is 0 Å². The fourth-order valence-corrected chi connectivity index (χ4v) is 7.61. The van der Waals surface area contributed by atoms with Crippen LogP contribution >= 0.6 is 11.6 Å². The lowest BCUT2D eigenvalue weighted by Crippen LogP contribution is -2.48. The number of carboxylic acid groups (broad SMARTS) is 1. The lowest BCUT2D eigenvalue weighted by Gasteiger charge is -2.49. The number of anilines is 1. The average Bonchev–Trinajstić information content (AvgIpc) is 3.29. The number of halogens is 1. The SMILES string of the molecule is CC12C(=O)N(c3ccccc3)C(=O)C1CC1C(=CCC3C(=O)N(CCC(=O)O)C(=O)C31)C2c1cc(Cl)ccc1O. The van der Waals surface area contributed by atoms with Crippen LogP contribution in [0.2, 0.25) is 5.02 Å². The topological polar surface area (TPSA) is 132 Å². The van der Waals surface area contributed by atoms with E-state index in [1.54, 1.807) is 43.3 Å². The number of benzene rings is 2. The summed E-state index contributed by atoms with van der Waals surface area (Å²) in [6.45, 7) is 1.51. The molecule has 2 aliphatic carbocycles. The number of para-hydroxylation sites is 1. The predicted molar refractivity (Wildman–Crippen MR) is 143 cm³/mol. The second-order valence-corrected chi connectivity index (χ2v) is 11.6. The number of hydrogen-bond donors (Lipinski definition) is 2. The van der Waals surface area contributed by atoms with Gasteiger partial charge in [0.1, 0.15) is 5.75 Å². The Labute approximate surface area is 235 Å². The zero-order valence-corrected chi connectivity index (χ0v) is 22.4. The van der Waals surface area contributed by atoms with Gasteiger partial charge in [-0.25, -0.2) is 4.90 Å². The van der Waals surface area contributed by atoms with Crippen LogP contribution in [0, 0.1) is 29.1 Å². The van der Waals surface area contributed by atoms with Crippen molar-refractivity contribution in [3.63, 3.8) is 0 Å². The molecule has 10 heteroatoms. The third-order valence-electron chi connectivity index (χ3n) is 9.23. The molecule has 9 nitrogen and oxygen atoms in total. The molecule has 0 bridgehead atoms. The highest BCUT2D eigenvalue weighted by Crippen LogP contribution is 2.64. The van der Waals surface area contributed by atoms with E-state index in [0.29, 0.717) is 16.3 Å². The van der Waals surface area contributed by atoms with Crippen LogP contribution in [0.1, 0.15) is 37.7 Å². The first-order chi connectivity index (χ1) is 19.1. The Hall–Kier alpha value is -3.98. The first-order valence-corrected chi connectivity index (χ1v) is 13.6. The van der Waals surface area contributed by atoms with Crippen molar-refractivity contribution < 1.29 is 34.2 Å². The number of hydrogen-bond acceptors (Lipinski definition) is 6. The largest absolute Gasteiger partial charge is 0.508 e. The fourth-order valence-electron chi connectivity index (χ4n) is 7.43. The zero-order chi connectivity index (χ0) is 28.5. The minimum absolute atomic E-state index is 0.0895. The van der Waals surface area contributed by atoms with Crippen molar-refractivity contribution in [1.29, 1.82) is 0 Å². The molecule has 2 aliphatic heterocycles. The molecule has 2 N–H and O–H groups in total. The first-order valence-electron chi connectivity index (χ1n) is 13.2. The molecule has 206 valence electrons. The van der Waals surface area contributed by atoms with E-state index >= 15 is 0 Å². The standard InChI is InChI=1S/C30H27ClN2O7/c1-30-21(27(38)33(29(30)40)16-5-3-2-4-6-16)14-19-17(25(30)20-13-15(31)7-10-22(20)34)8-9-18-24(19)28(39)32(26(18)37)12-11-23(35)36/h2-8,10,13,18-19,21,24-25,34H,9,11-12,14H2,1H3,(H,35,36). The molecule has 0 aromatic heterocycles. The Morgan fingerprint density at radius 3 is 2.45 bits per heavy atom. The number of phenols is 1. The van der Waals surface area contributed by atoms with Crippen LogP contribution in [0.4, 0.5) is 5.69 Å². The molecule has 3 fully saturated rings. The lowest BCUT2D eigenvalue weighted by molar-refractivity contribution is -0.142. The number of carboxylic acids is 1. The third-order valence-corrected chi connectivity index (χ3v) is 9.47. The molecule has 2 heterocycles. The molecule has 4 aliphatic rings. The van der Waals surface area contributed by atoms with Gasteiger partial charge in [0, 0.05) is 23.0 Å². The van der Waals surface area contributed by atoms with Crippen molar-refractivity contribution in [1.82, 2.24) is 4.90 Å². The van der Waals surface area contributed by atoms with E-state index in [4.69, 9.17) is 16.7 Å². The highest BCUT2D eigenvalue weighted by molar-refractivity contribution is 6.30. The number of phenolic OH excluding ortho intramolecular Hbond substituents is 1. The van der Waals surface area contributed by atoms with Gasteiger partial charge in [0.05, 0.1) is 35.3 Å². The number of nitrogens with zero attached hydrogens (tertiary/aromatic N) is 2. The van der Waals surface area contributed by atoms with Crippen LogP contribution in [0.5, 0.6) is 5.75 Å². The number of rotatable bonds is 5. The van der Waals surface area contributed by atoms with Gasteiger partial charge in [-0.1, -0.05) is 41.4 Å². The molecule has 2 aromatic rings. The zero-order valence-electron chi connectivity index (χ0n) is 21.6. The minimum atomic E-state index is -1.29. The van der Waals surface area contributed by atoms with Crippen LogP contribution in [0.3, 0.4) is 0 Å². The number of carbonyl (C=O) groups is 5. The molecule has 0 radical (unpaired) electrons. The van der Waals surface area contributed by atoms with Crippen LogP contribution in [0.15, 0.2) is 60.2 Å². The third kappa shape index (κ3) is 3.63. The smallest absolute Gasteiger partial charge is 0.305 e. The van der Waals surface area contributed by atoms with Crippen LogP contribution in [-0.2, 0) is 24.0 Å². The Morgan fingerprint density at radius 2 is 1.75 bits per heavy atom. The van der Waals surface area contributed by atoms with E-state index in [0.717, 1.165) is 10.5 Å². The molecule has 4 amide bonds. The lowest BCUT2D eigenvalue weighted by atomic mass is 9.51. The van der Waals surface area contributed by atoms with Crippen molar-refractivity contribution in [2.75, 3.05) is 11.4 Å². The van der Waals surface area contributed by atoms with E-state index in [1.165, 1.54) is 17.0 Å². The first kappa shape index (κ1) is 26.3. The van der Waals surface area contributed by atoms with E-state index in [2.05, 4.69) is 0 Å². The van der Waals surface area contributed by atoms with Gasteiger partial charge in [-0.2, -0.15) is 0 Å². The van der Waals surface area contributed by atoms with Crippen LogP contribution in [-0.4, -0.2) is 51.3 Å². The summed E-state index contributed by atoms with van der Waals surface area (Å²) in [6.07, 6.45) is 1.91. The van der Waals surface area contributed by atoms with Crippen molar-refractivity contribution in [3.05, 3.63) is 70.8 Å². The number of likely N-dealkylation sites (tertiary alicyclic amines) is 1. The summed E-state index contributed by atoms with van der Waals surface area (Å²) >= 11 is 6.35. The summed E-state index contributed by atoms with van der Waals surface area (Å²) in [5.41, 5.74) is 0.239. The van der Waals surface area contributed by atoms with Crippen molar-refractivity contribution in [2.45, 2.75) is 32.1 Å². The maximum atomic E-state index is 14.3. The molecule has 0 spiro atoms. The Morgan fingerprint density at radius 1 is 1.02 bits per heavy atom. The highest BCUT2D eigenvalue weighted by Gasteiger charge is 2.67. The molecule has 2 aromatic carbocycles. The van der Waals surface area contributed by atoms with E-state index in [-0.39, 0.29) is 31.6 Å². The molecule has 6 rings (SSSR count). The molecule has 1 saturated carbocycles. The average molecular weight is 563 g/mol. The monoisotopic (exact) mass is 562 g/mol. The van der Waals surface area contributed by atoms with Gasteiger partial charge in [-0.05, 0) is 56.0 Å². The van der Waals surface area contributed by atoms with Gasteiger partial charge in [0.15, 0.2) is 0 Å². The number of imide groups is 2. The summed E-state index contributed by atoms with van der Waals surface area (Å²) in [5, 5.41) is 20.5. The summed E-state index contributed by atoms with van der Waals surface area (Å²) in [5.74, 6) is -6.51. The van der Waals surface area contributed by atoms with Gasteiger partial charge in [-0.3, -0.25) is 28.9 Å². The fraction of sp³-hybridized carbons (Fsp3) is 0.367. The van der Waals surface area contributed by atoms with Gasteiger partial charge >= 0.3 is 5.97 Å². The second-order valence-electron chi connectivity index (χ2n) is 11.2. The van der Waals surface area contributed by atoms with Crippen LogP contribution < -0.4 is 4.90 Å². The summed E-state index contributed by atoms with van der Waals surface area (Å²) < 4.78 is 0. The van der Waals surface area contributed by atoms with Gasteiger partial charge in [0.25, 0.3) is 0 Å². The molecule has 2 saturated heterocycles. The van der Waals surface area contributed by atoms with Crippen molar-refractivity contribution in [3.8, 4) is 5.75 Å². The number of aliphatic carboxylic acids is 1. The summed E-state index contributed by atoms with van der Waals surface area (Å²) in [4.78, 5) is 68.5. The van der Waals surface area contributed by atoms with E-state index < -0.39 is 64.6 Å². The van der Waals surface area contributed by atoms with Gasteiger partial charge in [-0.15, -0.1) is 0 Å². The number of carbonyl (C=O) groups excluding carboxylic acids is 4. The van der Waals surface area contributed by atoms with Crippen molar-refractivity contribution >= 4 is 46.9 Å². The normalized spacial score (nSPS) is 31.1. The number of aromatic hydroxyl groups is 1. The Balaban J connectivity index is 1.50. The molecule has 40 heavy (non-hydrogen) atoms. The summed E-state index contributed by atoms with van der Waals surface area (Å²) in [7, 11) is 0. The van der Waals surface area contributed by atoms with E-state index in [1.807, 2.05) is 6.08 Å². The Kier molecular flexibility index (Phi) is 6.10.